The lowest BCUT2D eigenvalue weighted by Gasteiger charge is -2.30. The Balaban J connectivity index is 1.46. The van der Waals surface area contributed by atoms with Crippen LogP contribution in [-0.4, -0.2) is 74.9 Å². The van der Waals surface area contributed by atoms with Crippen molar-refractivity contribution in [2.45, 2.75) is 36.5 Å². The van der Waals surface area contributed by atoms with Crippen molar-refractivity contribution >= 4 is 43.9 Å². The maximum absolute atomic E-state index is 13.5. The molecule has 2 heterocycles. The summed E-state index contributed by atoms with van der Waals surface area (Å²) in [6.45, 7) is 0.137. The number of nitrogens with one attached hydrogen (secondary N) is 4. The molecule has 14 heteroatoms. The van der Waals surface area contributed by atoms with E-state index in [0.717, 1.165) is 36.8 Å². The lowest BCUT2D eigenvalue weighted by atomic mass is 10.0. The molecule has 40 heavy (non-hydrogen) atoms. The van der Waals surface area contributed by atoms with Crippen LogP contribution in [0.5, 0.6) is 0 Å². The molecule has 1 aromatic heterocycles. The Bertz CT molecular complexity index is 1480. The van der Waals surface area contributed by atoms with Crippen molar-refractivity contribution in [1.29, 1.82) is 0 Å². The Morgan fingerprint density at radius 1 is 1.02 bits per heavy atom. The van der Waals surface area contributed by atoms with Gasteiger partial charge in [0, 0.05) is 29.1 Å². The summed E-state index contributed by atoms with van der Waals surface area (Å²) in [7, 11) is -1.33. The van der Waals surface area contributed by atoms with E-state index in [1.165, 1.54) is 36.4 Å². The summed E-state index contributed by atoms with van der Waals surface area (Å²) in [6, 6.07) is 12.2. The van der Waals surface area contributed by atoms with Gasteiger partial charge in [-0.3, -0.25) is 20.4 Å². The predicted octanol–water partition coefficient (Wildman–Crippen LogP) is 2.99. The third kappa shape index (κ3) is 7.45. The summed E-state index contributed by atoms with van der Waals surface area (Å²) in [5.41, 5.74) is 5.46. The monoisotopic (exact) mass is 580 g/mol. The smallest absolute Gasteiger partial charge is 0.382 e. The Morgan fingerprint density at radius 2 is 1.70 bits per heavy atom. The first-order valence-corrected chi connectivity index (χ1v) is 14.5. The van der Waals surface area contributed by atoms with E-state index in [-0.39, 0.29) is 28.7 Å². The van der Waals surface area contributed by atoms with Crippen LogP contribution < -0.4 is 21.5 Å². The van der Waals surface area contributed by atoms with Gasteiger partial charge in [0.15, 0.2) is 9.84 Å². The Morgan fingerprint density at radius 3 is 2.33 bits per heavy atom. The van der Waals surface area contributed by atoms with Crippen LogP contribution in [0, 0.1) is 0 Å². The first-order valence-electron chi connectivity index (χ1n) is 12.6. The molecule has 216 valence electrons. The minimum absolute atomic E-state index is 0.119. The molecule has 2 amide bonds. The van der Waals surface area contributed by atoms with E-state index in [2.05, 4.69) is 26.4 Å². The topological polar surface area (TPSA) is 125 Å². The quantitative estimate of drug-likeness (QED) is 0.302. The lowest BCUT2D eigenvalue weighted by molar-refractivity contribution is -0.140. The number of sulfone groups is 1. The van der Waals surface area contributed by atoms with E-state index in [1.54, 1.807) is 12.1 Å². The number of carbonyl (C=O) groups excluding carboxylic acids is 2. The molecule has 0 radical (unpaired) electrons. The SMILES string of the molecule is CN1CCC(Nc2cccc3c2cc(C(=O)NNC(=O)CNc2ccc(S(C)(=O)=O)cc2)n3CC(F)(F)F)CC1. The zero-order chi connectivity index (χ0) is 29.1. The van der Waals surface area contributed by atoms with Crippen LogP contribution in [0.25, 0.3) is 10.9 Å². The van der Waals surface area contributed by atoms with Crippen molar-refractivity contribution in [2.75, 3.05) is 43.6 Å². The fraction of sp³-hybridized carbons (Fsp3) is 0.385. The highest BCUT2D eigenvalue weighted by Crippen LogP contribution is 2.31. The number of carbonyl (C=O) groups is 2. The molecule has 10 nitrogen and oxygen atoms in total. The maximum atomic E-state index is 13.5. The molecule has 0 atom stereocenters. The second-order valence-electron chi connectivity index (χ2n) is 9.84. The second-order valence-corrected chi connectivity index (χ2v) is 11.9. The number of halogens is 3. The van der Waals surface area contributed by atoms with Crippen LogP contribution in [0.15, 0.2) is 53.4 Å². The van der Waals surface area contributed by atoms with Crippen molar-refractivity contribution in [2.24, 2.45) is 0 Å². The Hall–Kier alpha value is -3.78. The summed E-state index contributed by atoms with van der Waals surface area (Å²) in [5.74, 6) is -1.57. The van der Waals surface area contributed by atoms with Gasteiger partial charge in [0.1, 0.15) is 12.2 Å². The highest BCUT2D eigenvalue weighted by Gasteiger charge is 2.31. The molecule has 1 saturated heterocycles. The van der Waals surface area contributed by atoms with Gasteiger partial charge in [0.25, 0.3) is 11.8 Å². The number of anilines is 2. The minimum atomic E-state index is -4.59. The minimum Gasteiger partial charge on any atom is -0.382 e. The van der Waals surface area contributed by atoms with Gasteiger partial charge < -0.3 is 20.1 Å². The molecule has 4 rings (SSSR count). The summed E-state index contributed by atoms with van der Waals surface area (Å²) < 4.78 is 64.5. The van der Waals surface area contributed by atoms with Gasteiger partial charge in [-0.2, -0.15) is 13.2 Å². The summed E-state index contributed by atoms with van der Waals surface area (Å²) in [4.78, 5) is 27.6. The number of nitrogens with zero attached hydrogens (tertiary/aromatic N) is 2. The second kappa shape index (κ2) is 11.8. The van der Waals surface area contributed by atoms with Crippen LogP contribution in [0.2, 0.25) is 0 Å². The number of likely N-dealkylation sites (tertiary alicyclic amines) is 1. The van der Waals surface area contributed by atoms with Gasteiger partial charge in [0.05, 0.1) is 17.0 Å². The van der Waals surface area contributed by atoms with E-state index in [0.29, 0.717) is 16.8 Å². The number of hydrogen-bond acceptors (Lipinski definition) is 7. The number of amides is 2. The number of hydrazine groups is 1. The molecule has 1 aliphatic heterocycles. The number of hydrogen-bond donors (Lipinski definition) is 4. The van der Waals surface area contributed by atoms with E-state index >= 15 is 0 Å². The highest BCUT2D eigenvalue weighted by molar-refractivity contribution is 7.90. The molecule has 1 aliphatic rings. The van der Waals surface area contributed by atoms with Gasteiger partial charge in [-0.05, 0) is 75.4 Å². The summed E-state index contributed by atoms with van der Waals surface area (Å²) in [6.07, 6.45) is -1.75. The molecule has 2 aromatic carbocycles. The standard InChI is InChI=1S/C26H31F3N6O4S/c1-34-12-10-18(11-13-34)31-21-4-3-5-22-20(21)14-23(35(22)16-26(27,28)29)25(37)33-32-24(36)15-30-17-6-8-19(9-7-17)40(2,38)39/h3-9,14,18,30-31H,10-13,15-16H2,1-2H3,(H,32,36)(H,33,37). The Labute approximate surface area is 229 Å². The first kappa shape index (κ1) is 29.2. The molecule has 4 N–H and O–H groups in total. The Kier molecular flexibility index (Phi) is 8.59. The largest absolute Gasteiger partial charge is 0.406 e. The van der Waals surface area contributed by atoms with E-state index in [9.17, 15) is 31.2 Å². The van der Waals surface area contributed by atoms with Crippen LogP contribution in [-0.2, 0) is 21.2 Å². The van der Waals surface area contributed by atoms with Gasteiger partial charge in [-0.25, -0.2) is 8.42 Å². The molecule has 0 bridgehead atoms. The number of alkyl halides is 3. The molecular formula is C26H31F3N6O4S. The fourth-order valence-electron chi connectivity index (χ4n) is 4.56. The molecule has 0 saturated carbocycles. The molecule has 3 aromatic rings. The molecule has 0 spiro atoms. The third-order valence-corrected chi connectivity index (χ3v) is 7.77. The molecule has 1 fully saturated rings. The molecular weight excluding hydrogens is 549 g/mol. The predicted molar refractivity (Wildman–Crippen MR) is 146 cm³/mol. The summed E-state index contributed by atoms with van der Waals surface area (Å²) in [5, 5.41) is 6.67. The van der Waals surface area contributed by atoms with E-state index in [1.807, 2.05) is 7.05 Å². The van der Waals surface area contributed by atoms with Crippen LogP contribution >= 0.6 is 0 Å². The third-order valence-electron chi connectivity index (χ3n) is 6.64. The molecule has 0 unspecified atom stereocenters. The van der Waals surface area contributed by atoms with E-state index < -0.39 is 34.4 Å². The zero-order valence-corrected chi connectivity index (χ0v) is 22.8. The number of fused-ring (bicyclic) bond motifs is 1. The van der Waals surface area contributed by atoms with Gasteiger partial charge in [0.2, 0.25) is 0 Å². The van der Waals surface area contributed by atoms with Crippen molar-refractivity contribution in [3.63, 3.8) is 0 Å². The number of aromatic nitrogens is 1. The fourth-order valence-corrected chi connectivity index (χ4v) is 5.19. The average Bonchev–Trinajstić information content (AvgIpc) is 3.25. The van der Waals surface area contributed by atoms with Gasteiger partial charge >= 0.3 is 6.18 Å². The molecule has 0 aliphatic carbocycles. The zero-order valence-electron chi connectivity index (χ0n) is 22.0. The van der Waals surface area contributed by atoms with Crippen molar-refractivity contribution in [3.8, 4) is 0 Å². The number of piperidine rings is 1. The van der Waals surface area contributed by atoms with Crippen LogP contribution in [0.4, 0.5) is 24.5 Å². The average molecular weight is 581 g/mol. The number of rotatable bonds is 8. The highest BCUT2D eigenvalue weighted by atomic mass is 32.2. The van der Waals surface area contributed by atoms with Crippen molar-refractivity contribution < 1.29 is 31.2 Å². The van der Waals surface area contributed by atoms with Crippen LogP contribution in [0.1, 0.15) is 23.3 Å². The van der Waals surface area contributed by atoms with Crippen molar-refractivity contribution in [3.05, 3.63) is 54.2 Å². The first-order chi connectivity index (χ1) is 18.8. The van der Waals surface area contributed by atoms with Gasteiger partial charge in [-0.15, -0.1) is 0 Å². The lowest BCUT2D eigenvalue weighted by Crippen LogP contribution is -2.44. The summed E-state index contributed by atoms with van der Waals surface area (Å²) >= 11 is 0. The normalized spacial score (nSPS) is 15.1. The van der Waals surface area contributed by atoms with E-state index in [4.69, 9.17) is 0 Å². The van der Waals surface area contributed by atoms with Crippen molar-refractivity contribution in [1.82, 2.24) is 20.3 Å². The van der Waals surface area contributed by atoms with Crippen LogP contribution in [0.3, 0.4) is 0 Å². The maximum Gasteiger partial charge on any atom is 0.406 e. The number of benzene rings is 2. The van der Waals surface area contributed by atoms with Gasteiger partial charge in [-0.1, -0.05) is 6.07 Å².